The summed E-state index contributed by atoms with van der Waals surface area (Å²) < 4.78 is 5.74. The maximum absolute atomic E-state index is 5.74. The number of benzene rings is 1. The summed E-state index contributed by atoms with van der Waals surface area (Å²) in [5.41, 5.74) is 1.34. The zero-order chi connectivity index (χ0) is 18.5. The lowest BCUT2D eigenvalue weighted by atomic mass is 10.2. The normalized spacial score (nSPS) is 19.6. The largest absolute Gasteiger partial charge is 0.381 e. The van der Waals surface area contributed by atoms with Crippen LogP contribution < -0.4 is 10.6 Å². The van der Waals surface area contributed by atoms with Crippen LogP contribution in [0.4, 0.5) is 0 Å². The first kappa shape index (κ1) is 24.6. The van der Waals surface area contributed by atoms with Gasteiger partial charge < -0.3 is 15.4 Å². The van der Waals surface area contributed by atoms with Crippen LogP contribution in [0.15, 0.2) is 35.3 Å². The van der Waals surface area contributed by atoms with Crippen molar-refractivity contribution in [3.8, 4) is 0 Å². The quantitative estimate of drug-likeness (QED) is 0.202. The summed E-state index contributed by atoms with van der Waals surface area (Å²) in [6, 6.07) is 11.1. The molecule has 2 unspecified atom stereocenters. The lowest BCUT2D eigenvalue weighted by Crippen LogP contribution is -2.42. The van der Waals surface area contributed by atoms with Gasteiger partial charge in [-0.15, -0.1) is 24.0 Å². The molecule has 0 radical (unpaired) electrons. The molecule has 1 aromatic rings. The topological polar surface area (TPSA) is 45.7 Å². The smallest absolute Gasteiger partial charge is 0.191 e. The fraction of sp³-hybridized carbons (Fsp3) is 0.667. The minimum atomic E-state index is 0. The van der Waals surface area contributed by atoms with Gasteiger partial charge in [0, 0.05) is 31.0 Å². The molecule has 4 nitrogen and oxygen atoms in total. The standard InChI is InChI=1S/C21H35N3OS.HI/c1-3-22-21(24-19-11-12-20(17-19)26-2)23-14-7-8-15-25-16-13-18-9-5-4-6-10-18;/h4-6,9-10,19-20H,3,7-8,11-17H2,1-2H3,(H2,22,23,24);1H. The monoisotopic (exact) mass is 505 g/mol. The summed E-state index contributed by atoms with van der Waals surface area (Å²) in [5.74, 6) is 0.976. The highest BCUT2D eigenvalue weighted by molar-refractivity contribution is 14.0. The van der Waals surface area contributed by atoms with Crippen molar-refractivity contribution in [1.29, 1.82) is 0 Å². The lowest BCUT2D eigenvalue weighted by molar-refractivity contribution is 0.134. The number of thioether (sulfide) groups is 1. The predicted molar refractivity (Wildman–Crippen MR) is 130 cm³/mol. The number of ether oxygens (including phenoxy) is 1. The van der Waals surface area contributed by atoms with Gasteiger partial charge in [0.25, 0.3) is 0 Å². The van der Waals surface area contributed by atoms with Crippen molar-refractivity contribution in [2.24, 2.45) is 4.99 Å². The number of aliphatic imine (C=N–C) groups is 1. The molecule has 154 valence electrons. The highest BCUT2D eigenvalue weighted by atomic mass is 127. The molecular weight excluding hydrogens is 469 g/mol. The third-order valence-corrected chi connectivity index (χ3v) is 5.84. The van der Waals surface area contributed by atoms with E-state index in [4.69, 9.17) is 9.73 Å². The van der Waals surface area contributed by atoms with Crippen LogP contribution >= 0.6 is 35.7 Å². The summed E-state index contributed by atoms with van der Waals surface area (Å²) in [4.78, 5) is 4.73. The van der Waals surface area contributed by atoms with Crippen LogP contribution in [0.25, 0.3) is 0 Å². The maximum Gasteiger partial charge on any atom is 0.191 e. The Morgan fingerprint density at radius 1 is 1.19 bits per heavy atom. The van der Waals surface area contributed by atoms with Crippen LogP contribution in [-0.4, -0.2) is 49.8 Å². The second-order valence-electron chi connectivity index (χ2n) is 6.83. The van der Waals surface area contributed by atoms with Gasteiger partial charge in [0.2, 0.25) is 0 Å². The number of hydrogen-bond donors (Lipinski definition) is 2. The van der Waals surface area contributed by atoms with Crippen LogP contribution in [-0.2, 0) is 11.2 Å². The van der Waals surface area contributed by atoms with Crippen LogP contribution in [0.5, 0.6) is 0 Å². The second-order valence-corrected chi connectivity index (χ2v) is 7.97. The molecule has 6 heteroatoms. The van der Waals surface area contributed by atoms with E-state index in [-0.39, 0.29) is 24.0 Å². The van der Waals surface area contributed by atoms with Crippen LogP contribution in [0, 0.1) is 0 Å². The van der Waals surface area contributed by atoms with E-state index in [0.717, 1.165) is 56.8 Å². The van der Waals surface area contributed by atoms with Gasteiger partial charge in [-0.2, -0.15) is 11.8 Å². The van der Waals surface area contributed by atoms with Gasteiger partial charge in [-0.1, -0.05) is 30.3 Å². The maximum atomic E-state index is 5.74. The van der Waals surface area contributed by atoms with Crippen molar-refractivity contribution in [2.45, 2.75) is 56.7 Å². The molecule has 1 saturated carbocycles. The Morgan fingerprint density at radius 3 is 2.70 bits per heavy atom. The summed E-state index contributed by atoms with van der Waals surface area (Å²) >= 11 is 1.99. The third-order valence-electron chi connectivity index (χ3n) is 4.75. The first-order valence-electron chi connectivity index (χ1n) is 10.0. The van der Waals surface area contributed by atoms with Crippen molar-refractivity contribution >= 4 is 41.7 Å². The van der Waals surface area contributed by atoms with E-state index >= 15 is 0 Å². The highest BCUT2D eigenvalue weighted by Crippen LogP contribution is 2.27. The van der Waals surface area contributed by atoms with Crippen molar-refractivity contribution < 1.29 is 4.74 Å². The zero-order valence-electron chi connectivity index (χ0n) is 16.8. The van der Waals surface area contributed by atoms with E-state index < -0.39 is 0 Å². The van der Waals surface area contributed by atoms with Crippen molar-refractivity contribution in [3.63, 3.8) is 0 Å². The third kappa shape index (κ3) is 10.6. The highest BCUT2D eigenvalue weighted by Gasteiger charge is 2.24. The van der Waals surface area contributed by atoms with E-state index in [0.29, 0.717) is 6.04 Å². The molecule has 2 N–H and O–H groups in total. The van der Waals surface area contributed by atoms with Gasteiger partial charge in [0.15, 0.2) is 5.96 Å². The second kappa shape index (κ2) is 15.5. The number of nitrogens with one attached hydrogen (secondary N) is 2. The van der Waals surface area contributed by atoms with Crippen LogP contribution in [0.3, 0.4) is 0 Å². The Labute approximate surface area is 186 Å². The average Bonchev–Trinajstić information content (AvgIpc) is 3.12. The summed E-state index contributed by atoms with van der Waals surface area (Å²) in [5, 5.41) is 7.79. The van der Waals surface area contributed by atoms with Crippen molar-refractivity contribution in [1.82, 2.24) is 10.6 Å². The van der Waals surface area contributed by atoms with Gasteiger partial charge in [-0.3, -0.25) is 4.99 Å². The number of nitrogens with zero attached hydrogens (tertiary/aromatic N) is 1. The number of unbranched alkanes of at least 4 members (excludes halogenated alkanes) is 1. The summed E-state index contributed by atoms with van der Waals surface area (Å²) in [6.45, 7) is 5.51. The molecule has 27 heavy (non-hydrogen) atoms. The van der Waals surface area contributed by atoms with Gasteiger partial charge in [-0.05, 0) is 57.3 Å². The number of guanidine groups is 1. The molecule has 0 amide bonds. The Balaban J connectivity index is 0.00000364. The van der Waals surface area contributed by atoms with E-state index in [1.165, 1.54) is 24.8 Å². The van der Waals surface area contributed by atoms with E-state index in [1.807, 2.05) is 11.8 Å². The molecule has 0 spiro atoms. The Hall–Kier alpha value is -0.470. The minimum Gasteiger partial charge on any atom is -0.381 e. The zero-order valence-corrected chi connectivity index (χ0v) is 19.9. The Bertz CT molecular complexity index is 515. The fourth-order valence-corrected chi connectivity index (χ4v) is 4.04. The molecule has 0 bridgehead atoms. The van der Waals surface area contributed by atoms with Crippen molar-refractivity contribution in [2.75, 3.05) is 32.6 Å². The Morgan fingerprint density at radius 2 is 2.00 bits per heavy atom. The average molecular weight is 506 g/mol. The van der Waals surface area contributed by atoms with E-state index in [1.54, 1.807) is 0 Å². The van der Waals surface area contributed by atoms with Crippen LogP contribution in [0.1, 0.15) is 44.6 Å². The molecule has 1 aliphatic carbocycles. The van der Waals surface area contributed by atoms with Crippen LogP contribution in [0.2, 0.25) is 0 Å². The lowest BCUT2D eigenvalue weighted by Gasteiger charge is -2.17. The molecular formula is C21H36IN3OS. The molecule has 2 atom stereocenters. The van der Waals surface area contributed by atoms with E-state index in [9.17, 15) is 0 Å². The molecule has 2 rings (SSSR count). The summed E-state index contributed by atoms with van der Waals surface area (Å²) in [6.07, 6.45) is 9.17. The minimum absolute atomic E-state index is 0. The van der Waals surface area contributed by atoms with Gasteiger partial charge in [0.1, 0.15) is 0 Å². The number of halogens is 1. The predicted octanol–water partition coefficient (Wildman–Crippen LogP) is 4.48. The molecule has 1 aromatic carbocycles. The van der Waals surface area contributed by atoms with Gasteiger partial charge >= 0.3 is 0 Å². The molecule has 0 aliphatic heterocycles. The first-order valence-corrected chi connectivity index (χ1v) is 11.3. The van der Waals surface area contributed by atoms with Gasteiger partial charge in [-0.25, -0.2) is 0 Å². The van der Waals surface area contributed by atoms with Crippen molar-refractivity contribution in [3.05, 3.63) is 35.9 Å². The number of hydrogen-bond acceptors (Lipinski definition) is 3. The molecule has 0 saturated heterocycles. The Kier molecular flexibility index (Phi) is 14.1. The molecule has 1 aliphatic rings. The number of rotatable bonds is 11. The molecule has 1 fully saturated rings. The summed E-state index contributed by atoms with van der Waals surface area (Å²) in [7, 11) is 0. The van der Waals surface area contributed by atoms with E-state index in [2.05, 4.69) is 54.1 Å². The molecule has 0 aromatic heterocycles. The fourth-order valence-electron chi connectivity index (χ4n) is 3.24. The molecule has 0 heterocycles. The van der Waals surface area contributed by atoms with Gasteiger partial charge in [0.05, 0.1) is 6.61 Å². The SMILES string of the molecule is CCNC(=NCCCCOCCc1ccccc1)NC1CCC(SC)C1.I. The first-order chi connectivity index (χ1) is 12.8.